The zero-order chi connectivity index (χ0) is 20.8. The number of piperidine rings is 1. The third-order valence-electron chi connectivity index (χ3n) is 6.63. The van der Waals surface area contributed by atoms with Gasteiger partial charge < -0.3 is 10.2 Å². The van der Waals surface area contributed by atoms with Crippen molar-refractivity contribution in [3.8, 4) is 0 Å². The van der Waals surface area contributed by atoms with Crippen molar-refractivity contribution in [2.45, 2.75) is 43.8 Å². The van der Waals surface area contributed by atoms with Crippen molar-refractivity contribution >= 4 is 11.8 Å². The Morgan fingerprint density at radius 2 is 1.90 bits per heavy atom. The van der Waals surface area contributed by atoms with Crippen molar-refractivity contribution in [2.24, 2.45) is 11.3 Å². The van der Waals surface area contributed by atoms with Gasteiger partial charge >= 0.3 is 6.18 Å². The van der Waals surface area contributed by atoms with Gasteiger partial charge in [-0.05, 0) is 48.8 Å². The molecule has 3 atom stereocenters. The number of amides is 2. The lowest BCUT2D eigenvalue weighted by atomic mass is 9.81. The summed E-state index contributed by atoms with van der Waals surface area (Å²) in [6.45, 7) is 1.57. The molecule has 158 valence electrons. The molecule has 6 nitrogen and oxygen atoms in total. The highest BCUT2D eigenvalue weighted by molar-refractivity contribution is 5.90. The monoisotopic (exact) mass is 411 g/mol. The van der Waals surface area contributed by atoms with Gasteiger partial charge in [0.2, 0.25) is 11.8 Å². The van der Waals surface area contributed by atoms with Gasteiger partial charge in [-0.15, -0.1) is 0 Å². The quantitative estimate of drug-likeness (QED) is 0.527. The first kappa shape index (κ1) is 20.2. The van der Waals surface area contributed by atoms with Crippen LogP contribution in [-0.4, -0.2) is 47.6 Å². The smallest absolute Gasteiger partial charge is 0.341 e. The highest BCUT2D eigenvalue weighted by Crippen LogP contribution is 2.52. The fraction of sp³-hybridized carbons (Fsp3) is 0.600. The highest BCUT2D eigenvalue weighted by atomic mass is 19.4. The Morgan fingerprint density at radius 3 is 2.48 bits per heavy atom. The SMILES string of the molecule is O=C(NO)C1CC2(CC2)CNC1C(=O)N1CCC(c2ccc(C(F)(F)F)cc2)C1. The second-order valence-electron chi connectivity index (χ2n) is 8.53. The maximum Gasteiger partial charge on any atom is 0.416 e. The molecule has 29 heavy (non-hydrogen) atoms. The van der Waals surface area contributed by atoms with Crippen LogP contribution in [0.1, 0.15) is 42.7 Å². The molecule has 1 aliphatic carbocycles. The Bertz CT molecular complexity index is 792. The summed E-state index contributed by atoms with van der Waals surface area (Å²) in [5, 5.41) is 12.3. The third kappa shape index (κ3) is 3.98. The van der Waals surface area contributed by atoms with Crippen LogP contribution in [0, 0.1) is 11.3 Å². The Kier molecular flexibility index (Phi) is 5.06. The first-order valence-electron chi connectivity index (χ1n) is 9.86. The number of rotatable bonds is 3. The number of halogens is 3. The molecule has 2 aliphatic heterocycles. The molecule has 2 heterocycles. The van der Waals surface area contributed by atoms with E-state index < -0.39 is 29.6 Å². The van der Waals surface area contributed by atoms with E-state index >= 15 is 0 Å². The molecule has 2 amide bonds. The Morgan fingerprint density at radius 1 is 1.21 bits per heavy atom. The Labute approximate surface area is 166 Å². The van der Waals surface area contributed by atoms with E-state index in [1.807, 2.05) is 0 Å². The number of likely N-dealkylation sites (tertiary alicyclic amines) is 1. The van der Waals surface area contributed by atoms with Crippen molar-refractivity contribution in [2.75, 3.05) is 19.6 Å². The fourth-order valence-corrected chi connectivity index (χ4v) is 4.64. The molecule has 3 aliphatic rings. The van der Waals surface area contributed by atoms with Crippen LogP contribution in [0.2, 0.25) is 0 Å². The van der Waals surface area contributed by atoms with Gasteiger partial charge in [0.15, 0.2) is 0 Å². The van der Waals surface area contributed by atoms with Gasteiger partial charge in [0, 0.05) is 25.6 Å². The Hall–Kier alpha value is -2.13. The number of alkyl halides is 3. The van der Waals surface area contributed by atoms with E-state index in [1.54, 1.807) is 10.4 Å². The van der Waals surface area contributed by atoms with E-state index in [0.717, 1.165) is 30.5 Å². The summed E-state index contributed by atoms with van der Waals surface area (Å²) >= 11 is 0. The summed E-state index contributed by atoms with van der Waals surface area (Å²) in [5.74, 6) is -1.41. The minimum absolute atomic E-state index is 0.0373. The minimum atomic E-state index is -4.37. The van der Waals surface area contributed by atoms with Crippen LogP contribution in [0.3, 0.4) is 0 Å². The van der Waals surface area contributed by atoms with E-state index in [4.69, 9.17) is 5.21 Å². The molecule has 1 aromatic rings. The number of benzene rings is 1. The van der Waals surface area contributed by atoms with E-state index in [2.05, 4.69) is 5.32 Å². The summed E-state index contributed by atoms with van der Waals surface area (Å²) in [6, 6.07) is 4.39. The van der Waals surface area contributed by atoms with Crippen LogP contribution in [0.15, 0.2) is 24.3 Å². The van der Waals surface area contributed by atoms with Gasteiger partial charge in [0.25, 0.3) is 0 Å². The molecule has 0 radical (unpaired) electrons. The maximum absolute atomic E-state index is 13.1. The molecule has 0 aromatic heterocycles. The van der Waals surface area contributed by atoms with Gasteiger partial charge in [0.1, 0.15) is 0 Å². The molecular formula is C20H24F3N3O3. The molecule has 3 unspecified atom stereocenters. The lowest BCUT2D eigenvalue weighted by Crippen LogP contribution is -2.58. The van der Waals surface area contributed by atoms with Gasteiger partial charge in [0.05, 0.1) is 17.5 Å². The van der Waals surface area contributed by atoms with Crippen LogP contribution in [0.5, 0.6) is 0 Å². The van der Waals surface area contributed by atoms with E-state index in [0.29, 0.717) is 32.5 Å². The van der Waals surface area contributed by atoms with Crippen LogP contribution < -0.4 is 10.8 Å². The number of hydrogen-bond donors (Lipinski definition) is 3. The molecular weight excluding hydrogens is 387 g/mol. The summed E-state index contributed by atoms with van der Waals surface area (Å²) < 4.78 is 38.3. The molecule has 4 rings (SSSR count). The molecule has 3 N–H and O–H groups in total. The topological polar surface area (TPSA) is 81.7 Å². The lowest BCUT2D eigenvalue weighted by Gasteiger charge is -2.37. The average molecular weight is 411 g/mol. The molecule has 1 aromatic carbocycles. The number of carbonyl (C=O) groups is 2. The normalized spacial score (nSPS) is 28.4. The van der Waals surface area contributed by atoms with Crippen LogP contribution in [0.4, 0.5) is 13.2 Å². The van der Waals surface area contributed by atoms with Gasteiger partial charge in [-0.1, -0.05) is 12.1 Å². The van der Waals surface area contributed by atoms with E-state index in [-0.39, 0.29) is 17.2 Å². The lowest BCUT2D eigenvalue weighted by molar-refractivity contribution is -0.144. The van der Waals surface area contributed by atoms with E-state index in [1.165, 1.54) is 12.1 Å². The number of nitrogens with zero attached hydrogens (tertiary/aromatic N) is 1. The summed E-state index contributed by atoms with van der Waals surface area (Å²) in [6.07, 6.45) is -1.13. The molecule has 2 saturated heterocycles. The number of hydrogen-bond acceptors (Lipinski definition) is 4. The van der Waals surface area contributed by atoms with Crippen molar-refractivity contribution in [3.05, 3.63) is 35.4 Å². The summed E-state index contributed by atoms with van der Waals surface area (Å²) in [4.78, 5) is 26.9. The van der Waals surface area contributed by atoms with Gasteiger partial charge in [-0.3, -0.25) is 14.8 Å². The largest absolute Gasteiger partial charge is 0.416 e. The molecule has 9 heteroatoms. The maximum atomic E-state index is 13.1. The van der Waals surface area contributed by atoms with Crippen molar-refractivity contribution in [1.29, 1.82) is 0 Å². The number of carbonyl (C=O) groups excluding carboxylic acids is 2. The predicted molar refractivity (Wildman–Crippen MR) is 96.9 cm³/mol. The zero-order valence-electron chi connectivity index (χ0n) is 15.8. The molecule has 1 saturated carbocycles. The highest BCUT2D eigenvalue weighted by Gasteiger charge is 2.53. The van der Waals surface area contributed by atoms with Crippen LogP contribution in [0.25, 0.3) is 0 Å². The molecule has 0 bridgehead atoms. The van der Waals surface area contributed by atoms with Crippen molar-refractivity contribution < 1.29 is 28.0 Å². The Balaban J connectivity index is 1.43. The van der Waals surface area contributed by atoms with E-state index in [9.17, 15) is 22.8 Å². The van der Waals surface area contributed by atoms with Gasteiger partial charge in [-0.25, -0.2) is 5.48 Å². The van der Waals surface area contributed by atoms with Gasteiger partial charge in [-0.2, -0.15) is 13.2 Å². The fourth-order valence-electron chi connectivity index (χ4n) is 4.64. The standard InChI is InChI=1S/C20H24F3N3O3/c21-20(22,23)14-3-1-12(2-4-14)13-5-8-26(10-13)18(28)16-15(17(27)25-29)9-19(6-7-19)11-24-16/h1-4,13,15-16,24,29H,5-11H2,(H,25,27). The predicted octanol–water partition coefficient (Wildman–Crippen LogP) is 2.29. The number of hydroxylamine groups is 1. The second-order valence-corrected chi connectivity index (χ2v) is 8.53. The van der Waals surface area contributed by atoms with Crippen LogP contribution >= 0.6 is 0 Å². The van der Waals surface area contributed by atoms with Crippen LogP contribution in [-0.2, 0) is 15.8 Å². The molecule has 1 spiro atoms. The average Bonchev–Trinajstić information content (AvgIpc) is 3.27. The zero-order valence-corrected chi connectivity index (χ0v) is 15.8. The minimum Gasteiger partial charge on any atom is -0.341 e. The second kappa shape index (κ2) is 7.28. The first-order valence-corrected chi connectivity index (χ1v) is 9.86. The summed E-state index contributed by atoms with van der Waals surface area (Å²) in [5.41, 5.74) is 1.82. The first-order chi connectivity index (χ1) is 13.7. The summed E-state index contributed by atoms with van der Waals surface area (Å²) in [7, 11) is 0. The van der Waals surface area contributed by atoms with Crippen molar-refractivity contribution in [1.82, 2.24) is 15.7 Å². The molecule has 3 fully saturated rings. The third-order valence-corrected chi connectivity index (χ3v) is 6.63. The number of nitrogens with one attached hydrogen (secondary N) is 2. The van der Waals surface area contributed by atoms with Crippen molar-refractivity contribution in [3.63, 3.8) is 0 Å².